The summed E-state index contributed by atoms with van der Waals surface area (Å²) in [5.74, 6) is 0.530. The monoisotopic (exact) mass is 603 g/mol. The molecule has 5 heteroatoms. The van der Waals surface area contributed by atoms with Crippen LogP contribution in [-0.2, 0) is 10.8 Å². The summed E-state index contributed by atoms with van der Waals surface area (Å²) in [6.45, 7) is 13.0. The van der Waals surface area contributed by atoms with Crippen molar-refractivity contribution >= 4 is 22.0 Å². The van der Waals surface area contributed by atoms with Gasteiger partial charge in [0.15, 0.2) is 5.58 Å². The highest BCUT2D eigenvalue weighted by Crippen LogP contribution is 2.42. The number of hydrogen-bond donors (Lipinski definition) is 1. The third-order valence-electron chi connectivity index (χ3n) is 9.16. The number of pyridine rings is 2. The van der Waals surface area contributed by atoms with E-state index >= 15 is 0 Å². The van der Waals surface area contributed by atoms with Crippen LogP contribution in [0, 0.1) is 6.92 Å². The van der Waals surface area contributed by atoms with Gasteiger partial charge in [0.2, 0.25) is 5.89 Å². The van der Waals surface area contributed by atoms with Gasteiger partial charge in [0.1, 0.15) is 11.3 Å². The molecule has 7 rings (SSSR count). The quantitative estimate of drug-likeness (QED) is 0.212. The van der Waals surface area contributed by atoms with E-state index in [4.69, 9.17) is 14.4 Å². The van der Waals surface area contributed by atoms with Gasteiger partial charge in [0.05, 0.1) is 11.1 Å². The maximum absolute atomic E-state index is 11.0. The fourth-order valence-corrected chi connectivity index (χ4v) is 6.18. The lowest BCUT2D eigenvalue weighted by atomic mass is 9.77. The third-order valence-corrected chi connectivity index (χ3v) is 9.16. The van der Waals surface area contributed by atoms with E-state index in [1.165, 1.54) is 5.56 Å². The molecule has 0 amide bonds. The summed E-state index contributed by atoms with van der Waals surface area (Å²) >= 11 is 0. The number of benzene rings is 4. The van der Waals surface area contributed by atoms with Gasteiger partial charge >= 0.3 is 0 Å². The summed E-state index contributed by atoms with van der Waals surface area (Å²) < 4.78 is 6.53. The minimum absolute atomic E-state index is 0.100. The summed E-state index contributed by atoms with van der Waals surface area (Å²) in [5, 5.41) is 12.0. The highest BCUT2D eigenvalue weighted by molar-refractivity contribution is 5.97. The summed E-state index contributed by atoms with van der Waals surface area (Å²) in [5.41, 5.74) is 11.0. The Morgan fingerprint density at radius 1 is 0.652 bits per heavy atom. The van der Waals surface area contributed by atoms with Crippen LogP contribution < -0.4 is 0 Å². The van der Waals surface area contributed by atoms with E-state index in [1.807, 2.05) is 42.9 Å². The van der Waals surface area contributed by atoms with Gasteiger partial charge in [0, 0.05) is 40.5 Å². The van der Waals surface area contributed by atoms with Crippen LogP contribution in [-0.4, -0.2) is 20.1 Å². The molecule has 7 aromatic rings. The van der Waals surface area contributed by atoms with Gasteiger partial charge in [-0.25, -0.2) is 4.98 Å². The van der Waals surface area contributed by atoms with Gasteiger partial charge in [-0.1, -0.05) is 89.2 Å². The van der Waals surface area contributed by atoms with Crippen molar-refractivity contribution in [3.63, 3.8) is 0 Å². The Kier molecular flexibility index (Phi) is 7.01. The van der Waals surface area contributed by atoms with Crippen LogP contribution in [0.2, 0.25) is 0 Å². The van der Waals surface area contributed by atoms with Crippen LogP contribution in [0.4, 0.5) is 0 Å². The second-order valence-corrected chi connectivity index (χ2v) is 13.7. The Hall–Kier alpha value is -5.29. The van der Waals surface area contributed by atoms with Crippen LogP contribution in [0.15, 0.2) is 114 Å². The molecule has 0 atom stereocenters. The Balaban J connectivity index is 1.46. The van der Waals surface area contributed by atoms with Gasteiger partial charge in [-0.3, -0.25) is 9.97 Å². The number of aryl methyl sites for hydroxylation is 1. The molecule has 0 spiro atoms. The van der Waals surface area contributed by atoms with E-state index in [0.717, 1.165) is 55.4 Å². The van der Waals surface area contributed by atoms with E-state index < -0.39 is 0 Å². The van der Waals surface area contributed by atoms with Crippen molar-refractivity contribution < 1.29 is 9.52 Å². The van der Waals surface area contributed by atoms with E-state index in [-0.39, 0.29) is 16.6 Å². The smallest absolute Gasteiger partial charge is 0.231 e. The molecule has 1 N–H and O–H groups in total. The maximum Gasteiger partial charge on any atom is 0.231 e. The Morgan fingerprint density at radius 2 is 1.39 bits per heavy atom. The first kappa shape index (κ1) is 29.4. The van der Waals surface area contributed by atoms with E-state index in [0.29, 0.717) is 17.0 Å². The normalized spacial score (nSPS) is 12.2. The summed E-state index contributed by atoms with van der Waals surface area (Å²) in [4.78, 5) is 14.3. The molecule has 3 aromatic heterocycles. The van der Waals surface area contributed by atoms with Gasteiger partial charge in [-0.15, -0.1) is 0 Å². The molecule has 228 valence electrons. The minimum atomic E-state index is -0.315. The number of fused-ring (bicyclic) bond motifs is 2. The van der Waals surface area contributed by atoms with Gasteiger partial charge in [0.25, 0.3) is 0 Å². The predicted molar refractivity (Wildman–Crippen MR) is 187 cm³/mol. The minimum Gasteiger partial charge on any atom is -0.507 e. The Bertz CT molecular complexity index is 2240. The number of phenols is 1. The lowest BCUT2D eigenvalue weighted by Gasteiger charge is -2.26. The third kappa shape index (κ3) is 5.12. The Labute approximate surface area is 269 Å². The molecular formula is C41H37N3O2. The van der Waals surface area contributed by atoms with Crippen molar-refractivity contribution in [1.82, 2.24) is 15.0 Å². The Morgan fingerprint density at radius 3 is 2.15 bits per heavy atom. The second-order valence-electron chi connectivity index (χ2n) is 13.7. The lowest BCUT2D eigenvalue weighted by molar-refractivity contribution is 0.472. The largest absolute Gasteiger partial charge is 0.507 e. The number of nitrogens with zero attached hydrogens (tertiary/aromatic N) is 3. The molecule has 0 unspecified atom stereocenters. The highest BCUT2D eigenvalue weighted by atomic mass is 16.3. The molecular weight excluding hydrogens is 566 g/mol. The molecule has 0 aliphatic rings. The number of aromatic hydroxyl groups is 1. The first-order valence-corrected chi connectivity index (χ1v) is 15.7. The first-order chi connectivity index (χ1) is 22.0. The number of hydrogen-bond acceptors (Lipinski definition) is 5. The first-order valence-electron chi connectivity index (χ1n) is 15.7. The fraction of sp³-hybridized carbons (Fsp3) is 0.195. The van der Waals surface area contributed by atoms with E-state index in [9.17, 15) is 5.11 Å². The van der Waals surface area contributed by atoms with Crippen molar-refractivity contribution in [2.75, 3.05) is 0 Å². The van der Waals surface area contributed by atoms with Crippen molar-refractivity contribution in [2.24, 2.45) is 0 Å². The molecule has 0 aliphatic heterocycles. The van der Waals surface area contributed by atoms with Crippen LogP contribution in [0.25, 0.3) is 55.7 Å². The fourth-order valence-electron chi connectivity index (χ4n) is 6.18. The average molecular weight is 604 g/mol. The van der Waals surface area contributed by atoms with Gasteiger partial charge in [-0.2, -0.15) is 0 Å². The van der Waals surface area contributed by atoms with Crippen LogP contribution in [0.3, 0.4) is 0 Å². The van der Waals surface area contributed by atoms with Crippen molar-refractivity contribution in [1.29, 1.82) is 0 Å². The number of rotatable bonds is 5. The van der Waals surface area contributed by atoms with Crippen molar-refractivity contribution in [3.8, 4) is 39.5 Å². The molecule has 5 nitrogen and oxygen atoms in total. The summed E-state index contributed by atoms with van der Waals surface area (Å²) in [7, 11) is 0. The van der Waals surface area contributed by atoms with Crippen LogP contribution in [0.1, 0.15) is 56.9 Å². The number of phenolic OH excluding ortho intramolecular Hbond substituents is 1. The van der Waals surface area contributed by atoms with E-state index in [2.05, 4.69) is 107 Å². The zero-order chi connectivity index (χ0) is 32.2. The molecule has 0 radical (unpaired) electrons. The topological polar surface area (TPSA) is 72.0 Å². The highest BCUT2D eigenvalue weighted by Gasteiger charge is 2.27. The second kappa shape index (κ2) is 11.0. The molecule has 0 aliphatic carbocycles. The SMILES string of the molecule is Cc1ccnc2c(-c3cccc(-c4cc(C(C)(C)c5ccccc5)cc5oc(-c6cc(C(C)(C)C)ccc6O)nc45)c3)cncc12. The molecule has 3 heterocycles. The lowest BCUT2D eigenvalue weighted by Crippen LogP contribution is -2.18. The number of oxazole rings is 1. The van der Waals surface area contributed by atoms with Crippen LogP contribution >= 0.6 is 0 Å². The van der Waals surface area contributed by atoms with Gasteiger partial charge in [-0.05, 0) is 82.1 Å². The number of aromatic nitrogens is 3. The van der Waals surface area contributed by atoms with E-state index in [1.54, 1.807) is 6.07 Å². The zero-order valence-corrected chi connectivity index (χ0v) is 27.1. The zero-order valence-electron chi connectivity index (χ0n) is 27.1. The average Bonchev–Trinajstić information content (AvgIpc) is 3.48. The van der Waals surface area contributed by atoms with Crippen molar-refractivity contribution in [3.05, 3.63) is 132 Å². The molecule has 46 heavy (non-hydrogen) atoms. The summed E-state index contributed by atoms with van der Waals surface area (Å²) in [6, 6.07) is 31.0. The maximum atomic E-state index is 11.0. The molecule has 0 fully saturated rings. The molecule has 4 aromatic carbocycles. The standard InChI is InChI=1S/C41H37N3O2/c1-25-17-18-43-37-33(25)23-42-24-34(37)27-12-10-11-26(19-27)31-21-30(41(5,6)28-13-8-7-9-14-28)22-36-38(31)44-39(46-36)32-20-29(40(2,3)4)15-16-35(32)45/h7-24,45H,1-6H3. The van der Waals surface area contributed by atoms with Crippen molar-refractivity contribution in [2.45, 2.75) is 52.4 Å². The predicted octanol–water partition coefficient (Wildman–Crippen LogP) is 10.4. The molecule has 0 saturated carbocycles. The molecule has 0 bridgehead atoms. The van der Waals surface area contributed by atoms with Crippen LogP contribution in [0.5, 0.6) is 5.75 Å². The molecule has 0 saturated heterocycles. The van der Waals surface area contributed by atoms with Gasteiger partial charge < -0.3 is 9.52 Å². The summed E-state index contributed by atoms with van der Waals surface area (Å²) in [6.07, 6.45) is 5.62.